The normalized spacial score (nSPS) is 13.3. The molecule has 0 saturated carbocycles. The van der Waals surface area contributed by atoms with E-state index in [2.05, 4.69) is 25.8 Å². The van der Waals surface area contributed by atoms with E-state index in [-0.39, 0.29) is 11.2 Å². The van der Waals surface area contributed by atoms with Crippen LogP contribution in [0.3, 0.4) is 0 Å². The van der Waals surface area contributed by atoms with Crippen molar-refractivity contribution in [3.05, 3.63) is 65.2 Å². The molecule has 1 atom stereocenters. The zero-order valence-electron chi connectivity index (χ0n) is 11.5. The number of nitrogens with zero attached hydrogens (tertiary/aromatic N) is 1. The van der Waals surface area contributed by atoms with Crippen LogP contribution in [0.4, 0.5) is 4.39 Å². The molecule has 0 bridgehead atoms. The molecule has 3 heteroatoms. The predicted molar refractivity (Wildman–Crippen MR) is 75.4 cm³/mol. The summed E-state index contributed by atoms with van der Waals surface area (Å²) in [5.74, 6) is -0.366. The highest BCUT2D eigenvalue weighted by molar-refractivity contribution is 5.34. The molecule has 1 aromatic heterocycles. The molecule has 2 nitrogen and oxygen atoms in total. The average Bonchev–Trinajstić information content (AvgIpc) is 2.38. The van der Waals surface area contributed by atoms with Crippen LogP contribution in [0.5, 0.6) is 0 Å². The Labute approximate surface area is 113 Å². The Balaban J connectivity index is 2.31. The summed E-state index contributed by atoms with van der Waals surface area (Å²) >= 11 is 0. The van der Waals surface area contributed by atoms with Gasteiger partial charge in [-0.2, -0.15) is 0 Å². The Bertz CT molecular complexity index is 556. The quantitative estimate of drug-likeness (QED) is 0.894. The van der Waals surface area contributed by atoms with Gasteiger partial charge in [-0.15, -0.1) is 0 Å². The monoisotopic (exact) mass is 258 g/mol. The van der Waals surface area contributed by atoms with Gasteiger partial charge >= 0.3 is 0 Å². The molecule has 1 aromatic carbocycles. The van der Waals surface area contributed by atoms with E-state index in [0.717, 1.165) is 5.56 Å². The maximum atomic E-state index is 13.7. The van der Waals surface area contributed by atoms with Crippen molar-refractivity contribution >= 4 is 0 Å². The molecule has 1 heterocycles. The first-order valence-electron chi connectivity index (χ1n) is 6.35. The Morgan fingerprint density at radius 3 is 2.26 bits per heavy atom. The molecule has 100 valence electrons. The second-order valence-corrected chi connectivity index (χ2v) is 5.75. The van der Waals surface area contributed by atoms with Crippen LogP contribution in [-0.4, -0.2) is 4.98 Å². The van der Waals surface area contributed by atoms with Crippen LogP contribution in [0.1, 0.15) is 43.5 Å². The Morgan fingerprint density at radius 1 is 1.11 bits per heavy atom. The van der Waals surface area contributed by atoms with Crippen LogP contribution < -0.4 is 5.73 Å². The van der Waals surface area contributed by atoms with Gasteiger partial charge in [0.25, 0.3) is 0 Å². The lowest BCUT2D eigenvalue weighted by Crippen LogP contribution is -2.15. The van der Waals surface area contributed by atoms with Gasteiger partial charge in [0.15, 0.2) is 0 Å². The van der Waals surface area contributed by atoms with Gasteiger partial charge in [-0.3, -0.25) is 4.98 Å². The Hall–Kier alpha value is -1.74. The molecule has 2 N–H and O–H groups in total. The minimum absolute atomic E-state index is 0.102. The van der Waals surface area contributed by atoms with E-state index >= 15 is 0 Å². The van der Waals surface area contributed by atoms with Gasteiger partial charge in [0.05, 0.1) is 12.2 Å². The van der Waals surface area contributed by atoms with Crippen LogP contribution in [0.15, 0.2) is 42.7 Å². The Kier molecular flexibility index (Phi) is 3.67. The van der Waals surface area contributed by atoms with Crippen LogP contribution in [-0.2, 0) is 5.41 Å². The number of hydrogen-bond acceptors (Lipinski definition) is 2. The number of halogens is 1. The first-order chi connectivity index (χ1) is 8.89. The number of nitrogens with two attached hydrogens (primary N) is 1. The third kappa shape index (κ3) is 2.99. The number of aromatic nitrogens is 1. The van der Waals surface area contributed by atoms with E-state index in [9.17, 15) is 4.39 Å². The van der Waals surface area contributed by atoms with E-state index in [1.165, 1.54) is 11.8 Å². The number of rotatable bonds is 2. The van der Waals surface area contributed by atoms with Crippen molar-refractivity contribution in [1.29, 1.82) is 0 Å². The van der Waals surface area contributed by atoms with Crippen molar-refractivity contribution in [3.63, 3.8) is 0 Å². The fraction of sp³-hybridized carbons (Fsp3) is 0.312. The molecular weight excluding hydrogens is 239 g/mol. The van der Waals surface area contributed by atoms with Crippen molar-refractivity contribution in [2.45, 2.75) is 32.2 Å². The van der Waals surface area contributed by atoms with Crippen LogP contribution >= 0.6 is 0 Å². The smallest absolute Gasteiger partial charge is 0.146 e. The zero-order chi connectivity index (χ0) is 14.0. The largest absolute Gasteiger partial charge is 0.320 e. The third-order valence-electron chi connectivity index (χ3n) is 3.27. The minimum atomic E-state index is -0.461. The summed E-state index contributed by atoms with van der Waals surface area (Å²) in [5.41, 5.74) is 8.82. The summed E-state index contributed by atoms with van der Waals surface area (Å²) < 4.78 is 13.7. The number of benzene rings is 1. The fourth-order valence-corrected chi connectivity index (χ4v) is 2.01. The highest BCUT2D eigenvalue weighted by Crippen LogP contribution is 2.26. The van der Waals surface area contributed by atoms with Gasteiger partial charge in [0, 0.05) is 11.8 Å². The second kappa shape index (κ2) is 5.10. The van der Waals surface area contributed by atoms with Crippen LogP contribution in [0.25, 0.3) is 0 Å². The lowest BCUT2D eigenvalue weighted by Gasteiger charge is -2.20. The SMILES string of the molecule is CC(C)(C)c1ccc(C(N)c2ccncc2F)cc1. The molecule has 0 spiro atoms. The fourth-order valence-electron chi connectivity index (χ4n) is 2.01. The third-order valence-corrected chi connectivity index (χ3v) is 3.27. The molecule has 0 aliphatic carbocycles. The van der Waals surface area contributed by atoms with Crippen LogP contribution in [0, 0.1) is 5.82 Å². The molecule has 0 saturated heterocycles. The summed E-state index contributed by atoms with van der Waals surface area (Å²) in [6.07, 6.45) is 2.75. The maximum Gasteiger partial charge on any atom is 0.146 e. The van der Waals surface area contributed by atoms with Crippen molar-refractivity contribution in [2.75, 3.05) is 0 Å². The summed E-state index contributed by atoms with van der Waals surface area (Å²) in [4.78, 5) is 3.74. The lowest BCUT2D eigenvalue weighted by molar-refractivity contribution is 0.586. The van der Waals surface area contributed by atoms with E-state index < -0.39 is 6.04 Å². The molecule has 0 aliphatic rings. The predicted octanol–water partition coefficient (Wildman–Crippen LogP) is 3.57. The summed E-state index contributed by atoms with van der Waals surface area (Å²) in [7, 11) is 0. The standard InChI is InChI=1S/C16H19FN2/c1-16(2,3)12-6-4-11(5-7-12)15(18)13-8-9-19-10-14(13)17/h4-10,15H,18H2,1-3H3. The topological polar surface area (TPSA) is 38.9 Å². The summed E-state index contributed by atoms with van der Waals surface area (Å²) in [6, 6.07) is 9.19. The minimum Gasteiger partial charge on any atom is -0.320 e. The number of pyridine rings is 1. The molecule has 1 unspecified atom stereocenters. The lowest BCUT2D eigenvalue weighted by atomic mass is 9.86. The second-order valence-electron chi connectivity index (χ2n) is 5.75. The molecule has 0 radical (unpaired) electrons. The van der Waals surface area contributed by atoms with E-state index in [4.69, 9.17) is 5.73 Å². The van der Waals surface area contributed by atoms with Gasteiger partial charge < -0.3 is 5.73 Å². The number of hydrogen-bond donors (Lipinski definition) is 1. The highest BCUT2D eigenvalue weighted by atomic mass is 19.1. The van der Waals surface area contributed by atoms with Gasteiger partial charge in [-0.05, 0) is 22.6 Å². The van der Waals surface area contributed by atoms with Crippen molar-refractivity contribution < 1.29 is 4.39 Å². The van der Waals surface area contributed by atoms with Crippen molar-refractivity contribution in [1.82, 2.24) is 4.98 Å². The van der Waals surface area contributed by atoms with E-state index in [0.29, 0.717) is 5.56 Å². The van der Waals surface area contributed by atoms with E-state index in [1.807, 2.05) is 24.3 Å². The van der Waals surface area contributed by atoms with Gasteiger partial charge in [-0.1, -0.05) is 45.0 Å². The molecular formula is C16H19FN2. The summed E-state index contributed by atoms with van der Waals surface area (Å²) in [6.45, 7) is 6.47. The first kappa shape index (κ1) is 13.7. The van der Waals surface area contributed by atoms with Gasteiger partial charge in [0.2, 0.25) is 0 Å². The van der Waals surface area contributed by atoms with Gasteiger partial charge in [-0.25, -0.2) is 4.39 Å². The van der Waals surface area contributed by atoms with Crippen molar-refractivity contribution in [3.8, 4) is 0 Å². The van der Waals surface area contributed by atoms with Crippen LogP contribution in [0.2, 0.25) is 0 Å². The molecule has 19 heavy (non-hydrogen) atoms. The average molecular weight is 258 g/mol. The van der Waals surface area contributed by atoms with E-state index in [1.54, 1.807) is 12.3 Å². The Morgan fingerprint density at radius 2 is 1.74 bits per heavy atom. The molecule has 0 fully saturated rings. The first-order valence-corrected chi connectivity index (χ1v) is 6.35. The molecule has 0 amide bonds. The van der Waals surface area contributed by atoms with Crippen molar-refractivity contribution in [2.24, 2.45) is 5.73 Å². The molecule has 2 rings (SSSR count). The zero-order valence-corrected chi connectivity index (χ0v) is 11.5. The molecule has 2 aromatic rings. The summed E-state index contributed by atoms with van der Waals surface area (Å²) in [5, 5.41) is 0. The molecule has 0 aliphatic heterocycles. The maximum absolute atomic E-state index is 13.7. The highest BCUT2D eigenvalue weighted by Gasteiger charge is 2.16. The van der Waals surface area contributed by atoms with Gasteiger partial charge in [0.1, 0.15) is 5.82 Å².